The van der Waals surface area contributed by atoms with Crippen LogP contribution in [-0.2, 0) is 10.4 Å². The molecule has 0 bridgehead atoms. The molecule has 1 amide bonds. The Morgan fingerprint density at radius 3 is 2.54 bits per heavy atom. The SMILES string of the molecule is CC1=CC(C(=O)N2CC(O)C2)=CC2C1c1ccccc1C2(O)C(F)(F)F. The molecule has 1 aromatic carbocycles. The largest absolute Gasteiger partial charge is 0.422 e. The van der Waals surface area contributed by atoms with E-state index in [4.69, 9.17) is 0 Å². The van der Waals surface area contributed by atoms with E-state index in [0.717, 1.165) is 0 Å². The molecule has 2 N–H and O–H groups in total. The fraction of sp³-hybridized carbons (Fsp3) is 0.421. The van der Waals surface area contributed by atoms with Crippen molar-refractivity contribution in [3.05, 3.63) is 58.7 Å². The van der Waals surface area contributed by atoms with Gasteiger partial charge in [0.05, 0.1) is 6.10 Å². The van der Waals surface area contributed by atoms with Crippen molar-refractivity contribution in [3.8, 4) is 0 Å². The van der Waals surface area contributed by atoms with Gasteiger partial charge in [0.15, 0.2) is 5.60 Å². The molecule has 1 saturated heterocycles. The first-order chi connectivity index (χ1) is 12.1. The van der Waals surface area contributed by atoms with E-state index in [0.29, 0.717) is 11.1 Å². The average molecular weight is 365 g/mol. The Kier molecular flexibility index (Phi) is 3.62. The van der Waals surface area contributed by atoms with Gasteiger partial charge in [-0.3, -0.25) is 4.79 Å². The van der Waals surface area contributed by atoms with Gasteiger partial charge in [0, 0.05) is 30.5 Å². The Hall–Kier alpha value is -2.12. The highest BCUT2D eigenvalue weighted by molar-refractivity contribution is 5.97. The topological polar surface area (TPSA) is 60.8 Å². The van der Waals surface area contributed by atoms with Crippen molar-refractivity contribution in [2.75, 3.05) is 13.1 Å². The predicted octanol–water partition coefficient (Wildman–Crippen LogP) is 2.24. The lowest BCUT2D eigenvalue weighted by atomic mass is 9.75. The number of hydrogen-bond acceptors (Lipinski definition) is 3. The maximum Gasteiger partial charge on any atom is 0.422 e. The van der Waals surface area contributed by atoms with Crippen molar-refractivity contribution >= 4 is 5.91 Å². The van der Waals surface area contributed by atoms with E-state index < -0.39 is 35.6 Å². The van der Waals surface area contributed by atoms with E-state index in [-0.39, 0.29) is 24.2 Å². The number of carbonyl (C=O) groups is 1. The van der Waals surface area contributed by atoms with Crippen LogP contribution in [0.25, 0.3) is 0 Å². The number of aliphatic hydroxyl groups excluding tert-OH is 1. The second kappa shape index (κ2) is 5.44. The van der Waals surface area contributed by atoms with Crippen LogP contribution >= 0.6 is 0 Å². The van der Waals surface area contributed by atoms with Crippen LogP contribution in [0.2, 0.25) is 0 Å². The van der Waals surface area contributed by atoms with E-state index in [1.165, 1.54) is 23.1 Å². The van der Waals surface area contributed by atoms with Gasteiger partial charge in [-0.25, -0.2) is 0 Å². The Morgan fingerprint density at radius 1 is 1.27 bits per heavy atom. The normalized spacial score (nSPS) is 30.9. The standard InChI is InChI=1S/C19H18F3NO3/c1-10-6-11(17(25)23-8-12(24)9-23)7-15-16(10)13-4-2-3-5-14(13)18(15,26)19(20,21)22/h2-7,12,15-16,24,26H,8-9H2,1H3. The number of allylic oxidation sites excluding steroid dienone is 1. The zero-order valence-electron chi connectivity index (χ0n) is 14.0. The molecule has 138 valence electrons. The molecule has 7 heteroatoms. The molecular weight excluding hydrogens is 347 g/mol. The molecule has 2 aliphatic carbocycles. The van der Waals surface area contributed by atoms with Gasteiger partial charge in [0.2, 0.25) is 0 Å². The van der Waals surface area contributed by atoms with Crippen LogP contribution in [0.1, 0.15) is 24.0 Å². The molecular formula is C19H18F3NO3. The first-order valence-electron chi connectivity index (χ1n) is 8.40. The van der Waals surface area contributed by atoms with Gasteiger partial charge >= 0.3 is 6.18 Å². The van der Waals surface area contributed by atoms with E-state index in [1.54, 1.807) is 25.1 Å². The van der Waals surface area contributed by atoms with Crippen LogP contribution in [0.3, 0.4) is 0 Å². The van der Waals surface area contributed by atoms with E-state index >= 15 is 0 Å². The van der Waals surface area contributed by atoms with Gasteiger partial charge in [0.25, 0.3) is 5.91 Å². The maximum atomic E-state index is 13.9. The number of aliphatic hydroxyl groups is 2. The molecule has 3 aliphatic rings. The van der Waals surface area contributed by atoms with Crippen molar-refractivity contribution in [2.45, 2.75) is 30.7 Å². The van der Waals surface area contributed by atoms with Crippen molar-refractivity contribution in [1.29, 1.82) is 0 Å². The summed E-state index contributed by atoms with van der Waals surface area (Å²) < 4.78 is 41.7. The lowest BCUT2D eigenvalue weighted by Gasteiger charge is -2.39. The zero-order chi connectivity index (χ0) is 18.9. The molecule has 1 aromatic rings. The summed E-state index contributed by atoms with van der Waals surface area (Å²) in [7, 11) is 0. The van der Waals surface area contributed by atoms with Crippen LogP contribution in [0.4, 0.5) is 13.2 Å². The summed E-state index contributed by atoms with van der Waals surface area (Å²) in [5, 5.41) is 20.1. The molecule has 0 aromatic heterocycles. The van der Waals surface area contributed by atoms with Gasteiger partial charge in [0.1, 0.15) is 0 Å². The molecule has 1 heterocycles. The van der Waals surface area contributed by atoms with E-state index in [1.807, 2.05) is 0 Å². The summed E-state index contributed by atoms with van der Waals surface area (Å²) in [6.45, 7) is 2.02. The maximum absolute atomic E-state index is 13.9. The van der Waals surface area contributed by atoms with Crippen molar-refractivity contribution in [1.82, 2.24) is 4.90 Å². The third-order valence-corrected chi connectivity index (χ3v) is 5.61. The Labute approximate surface area is 148 Å². The second-order valence-electron chi connectivity index (χ2n) is 7.23. The lowest BCUT2D eigenvalue weighted by Crippen LogP contribution is -2.54. The van der Waals surface area contributed by atoms with Crippen LogP contribution in [0.15, 0.2) is 47.6 Å². The number of likely N-dealkylation sites (tertiary alicyclic amines) is 1. The summed E-state index contributed by atoms with van der Waals surface area (Å²) in [6, 6.07) is 6.02. The Balaban J connectivity index is 1.81. The molecule has 1 fully saturated rings. The van der Waals surface area contributed by atoms with Gasteiger partial charge in [-0.05, 0) is 18.1 Å². The summed E-state index contributed by atoms with van der Waals surface area (Å²) in [4.78, 5) is 13.9. The molecule has 1 aliphatic heterocycles. The third-order valence-electron chi connectivity index (χ3n) is 5.61. The fourth-order valence-corrected chi connectivity index (χ4v) is 4.33. The molecule has 3 atom stereocenters. The highest BCUT2D eigenvalue weighted by atomic mass is 19.4. The number of rotatable bonds is 1. The van der Waals surface area contributed by atoms with Gasteiger partial charge in [-0.2, -0.15) is 13.2 Å². The molecule has 26 heavy (non-hydrogen) atoms. The van der Waals surface area contributed by atoms with Crippen LogP contribution in [0.5, 0.6) is 0 Å². The number of carbonyl (C=O) groups excluding carboxylic acids is 1. The van der Waals surface area contributed by atoms with Crippen molar-refractivity contribution in [2.24, 2.45) is 5.92 Å². The Bertz CT molecular complexity index is 839. The molecule has 3 unspecified atom stereocenters. The number of nitrogens with zero attached hydrogens (tertiary/aromatic N) is 1. The Morgan fingerprint density at radius 2 is 1.92 bits per heavy atom. The number of benzene rings is 1. The number of β-amino-alcohol motifs (C(OH)–C–C–N with tert-alkyl or cyclic N) is 1. The number of amides is 1. The van der Waals surface area contributed by atoms with E-state index in [2.05, 4.69) is 0 Å². The minimum atomic E-state index is -4.88. The number of alkyl halides is 3. The molecule has 4 nitrogen and oxygen atoms in total. The van der Waals surface area contributed by atoms with Crippen molar-refractivity contribution in [3.63, 3.8) is 0 Å². The molecule has 4 rings (SSSR count). The average Bonchev–Trinajstić information content (AvgIpc) is 2.82. The van der Waals surface area contributed by atoms with Gasteiger partial charge < -0.3 is 15.1 Å². The number of hydrogen-bond donors (Lipinski definition) is 2. The summed E-state index contributed by atoms with van der Waals surface area (Å²) in [6.07, 6.45) is -2.63. The molecule has 0 radical (unpaired) electrons. The number of fused-ring (bicyclic) bond motifs is 3. The van der Waals surface area contributed by atoms with E-state index in [9.17, 15) is 28.2 Å². The predicted molar refractivity (Wildman–Crippen MR) is 87.1 cm³/mol. The molecule has 0 saturated carbocycles. The second-order valence-corrected chi connectivity index (χ2v) is 7.23. The highest BCUT2D eigenvalue weighted by Gasteiger charge is 2.66. The quantitative estimate of drug-likeness (QED) is 0.803. The highest BCUT2D eigenvalue weighted by Crippen LogP contribution is 2.60. The summed E-state index contributed by atoms with van der Waals surface area (Å²) in [5.41, 5.74) is -2.02. The first kappa shape index (κ1) is 17.3. The van der Waals surface area contributed by atoms with Crippen molar-refractivity contribution < 1.29 is 28.2 Å². The first-order valence-corrected chi connectivity index (χ1v) is 8.40. The van der Waals surface area contributed by atoms with Crippen LogP contribution in [-0.4, -0.2) is 46.4 Å². The van der Waals surface area contributed by atoms with Gasteiger partial charge in [-0.15, -0.1) is 0 Å². The van der Waals surface area contributed by atoms with Crippen LogP contribution in [0, 0.1) is 5.92 Å². The van der Waals surface area contributed by atoms with Gasteiger partial charge in [-0.1, -0.05) is 42.0 Å². The third kappa shape index (κ3) is 2.20. The lowest BCUT2D eigenvalue weighted by molar-refractivity contribution is -0.278. The zero-order valence-corrected chi connectivity index (χ0v) is 14.0. The monoisotopic (exact) mass is 365 g/mol. The summed E-state index contributed by atoms with van der Waals surface area (Å²) >= 11 is 0. The van der Waals surface area contributed by atoms with Crippen LogP contribution < -0.4 is 0 Å². The fourth-order valence-electron chi connectivity index (χ4n) is 4.33. The number of halogens is 3. The minimum Gasteiger partial charge on any atom is -0.389 e. The molecule has 0 spiro atoms. The smallest absolute Gasteiger partial charge is 0.389 e. The minimum absolute atomic E-state index is 0.131. The summed E-state index contributed by atoms with van der Waals surface area (Å²) in [5.74, 6) is -2.35.